The molecule has 2 saturated heterocycles. The van der Waals surface area contributed by atoms with Gasteiger partial charge in [-0.3, -0.25) is 9.36 Å². The van der Waals surface area contributed by atoms with Crippen LogP contribution in [-0.4, -0.2) is 96.5 Å². The predicted octanol–water partition coefficient (Wildman–Crippen LogP) is 1.70. The number of rotatable bonds is 9. The van der Waals surface area contributed by atoms with E-state index in [2.05, 4.69) is 35.6 Å². The molecule has 2 aliphatic heterocycles. The molecule has 2 fully saturated rings. The third-order valence-corrected chi connectivity index (χ3v) is 7.26. The van der Waals surface area contributed by atoms with Crippen molar-refractivity contribution in [2.24, 2.45) is 5.11 Å². The summed E-state index contributed by atoms with van der Waals surface area (Å²) in [5.74, 6) is -0.693. The third kappa shape index (κ3) is 6.03. The highest BCUT2D eigenvalue weighted by atomic mass is 35.5. The van der Waals surface area contributed by atoms with Gasteiger partial charge in [0, 0.05) is 47.2 Å². The topological polar surface area (TPSA) is 213 Å². The van der Waals surface area contributed by atoms with E-state index in [0.29, 0.717) is 40.8 Å². The van der Waals surface area contributed by atoms with Gasteiger partial charge in [-0.2, -0.15) is 0 Å². The molecule has 3 aromatic rings. The first-order chi connectivity index (χ1) is 20.2. The Labute approximate surface area is 244 Å². The summed E-state index contributed by atoms with van der Waals surface area (Å²) < 4.78 is 12.8. The number of nitrogens with zero attached hydrogens (tertiary/aromatic N) is 8. The molecular formula is C25H29ClN10O6. The summed E-state index contributed by atoms with van der Waals surface area (Å²) in [7, 11) is 0. The average molecular weight is 601 g/mol. The average Bonchev–Trinajstić information content (AvgIpc) is 3.52. The van der Waals surface area contributed by atoms with Crippen molar-refractivity contribution in [2.75, 3.05) is 25.0 Å². The second-order valence-corrected chi connectivity index (χ2v) is 10.6. The van der Waals surface area contributed by atoms with Crippen LogP contribution in [0.15, 0.2) is 36.0 Å². The first kappa shape index (κ1) is 29.3. The van der Waals surface area contributed by atoms with Gasteiger partial charge < -0.3 is 35.2 Å². The summed E-state index contributed by atoms with van der Waals surface area (Å²) >= 11 is 6.25. The Kier molecular flexibility index (Phi) is 8.61. The molecule has 17 heteroatoms. The van der Waals surface area contributed by atoms with E-state index in [-0.39, 0.29) is 36.8 Å². The SMILES string of the molecule is CC1CN(C(=O)COc2ccc(Cl)cc2CNc2ncnc3c2ncn3[C@@H]2O[C@H](C(=O)O)[C@@H](N=[N+]=[N-])[C@H]2O)CC(C)N1. The van der Waals surface area contributed by atoms with E-state index in [0.717, 1.165) is 0 Å². The Balaban J connectivity index is 1.31. The molecule has 4 N–H and O–H groups in total. The van der Waals surface area contributed by atoms with Crippen LogP contribution in [0.5, 0.6) is 5.75 Å². The molecule has 2 unspecified atom stereocenters. The van der Waals surface area contributed by atoms with Crippen LogP contribution in [0.2, 0.25) is 5.02 Å². The molecule has 2 aromatic heterocycles. The normalized spacial score (nSPS) is 25.7. The summed E-state index contributed by atoms with van der Waals surface area (Å²) in [5.41, 5.74) is 10.0. The lowest BCUT2D eigenvalue weighted by atomic mass is 10.1. The van der Waals surface area contributed by atoms with E-state index in [1.54, 1.807) is 23.1 Å². The van der Waals surface area contributed by atoms with Gasteiger partial charge in [0.25, 0.3) is 5.91 Å². The summed E-state index contributed by atoms with van der Waals surface area (Å²) in [6.45, 7) is 5.33. The molecule has 6 atom stereocenters. The molecule has 1 amide bonds. The lowest BCUT2D eigenvalue weighted by molar-refractivity contribution is -0.152. The van der Waals surface area contributed by atoms with Crippen molar-refractivity contribution in [3.63, 3.8) is 0 Å². The number of halogens is 1. The highest BCUT2D eigenvalue weighted by Gasteiger charge is 2.48. The highest BCUT2D eigenvalue weighted by molar-refractivity contribution is 6.30. The van der Waals surface area contributed by atoms with Gasteiger partial charge in [0.2, 0.25) is 0 Å². The number of carbonyl (C=O) groups excluding carboxylic acids is 1. The molecular weight excluding hydrogens is 572 g/mol. The molecule has 2 aliphatic rings. The van der Waals surface area contributed by atoms with Crippen LogP contribution >= 0.6 is 11.6 Å². The fourth-order valence-corrected chi connectivity index (χ4v) is 5.41. The monoisotopic (exact) mass is 600 g/mol. The van der Waals surface area contributed by atoms with Crippen molar-refractivity contribution in [3.05, 3.63) is 51.9 Å². The number of aromatic nitrogens is 4. The number of amides is 1. The number of anilines is 1. The zero-order chi connectivity index (χ0) is 30.0. The number of fused-ring (bicyclic) bond motifs is 1. The van der Waals surface area contributed by atoms with Crippen molar-refractivity contribution < 1.29 is 29.3 Å². The number of azide groups is 1. The number of carboxylic acids is 1. The third-order valence-electron chi connectivity index (χ3n) is 7.03. The van der Waals surface area contributed by atoms with Crippen molar-refractivity contribution >= 4 is 40.5 Å². The largest absolute Gasteiger partial charge is 0.483 e. The molecule has 0 aliphatic carbocycles. The Bertz CT molecular complexity index is 1520. The number of aliphatic hydroxyl groups excluding tert-OH is 1. The van der Waals surface area contributed by atoms with Crippen LogP contribution in [0.1, 0.15) is 25.6 Å². The van der Waals surface area contributed by atoms with Gasteiger partial charge in [-0.05, 0) is 37.6 Å². The van der Waals surface area contributed by atoms with Crippen LogP contribution in [-0.2, 0) is 20.9 Å². The number of piperazine rings is 1. The maximum absolute atomic E-state index is 12.8. The maximum atomic E-state index is 12.8. The van der Waals surface area contributed by atoms with Crippen LogP contribution in [0, 0.1) is 0 Å². The van der Waals surface area contributed by atoms with Crippen LogP contribution in [0.3, 0.4) is 0 Å². The molecule has 0 bridgehead atoms. The van der Waals surface area contributed by atoms with Gasteiger partial charge in [0.05, 0.1) is 6.33 Å². The summed E-state index contributed by atoms with van der Waals surface area (Å²) in [5, 5.41) is 30.6. The smallest absolute Gasteiger partial charge is 0.333 e. The van der Waals surface area contributed by atoms with Crippen LogP contribution in [0.4, 0.5) is 5.82 Å². The maximum Gasteiger partial charge on any atom is 0.333 e. The number of carboxylic acid groups (broad SMARTS) is 1. The lowest BCUT2D eigenvalue weighted by Crippen LogP contribution is -2.56. The quantitative estimate of drug-likeness (QED) is 0.157. The van der Waals surface area contributed by atoms with Crippen LogP contribution in [0.25, 0.3) is 21.6 Å². The van der Waals surface area contributed by atoms with E-state index < -0.39 is 30.4 Å². The van der Waals surface area contributed by atoms with Crippen molar-refractivity contribution in [3.8, 4) is 5.75 Å². The molecule has 1 aromatic carbocycles. The molecule has 0 saturated carbocycles. The minimum absolute atomic E-state index is 0.115. The Hall–Kier alpha value is -4.21. The second-order valence-electron chi connectivity index (χ2n) is 10.2. The van der Waals surface area contributed by atoms with E-state index >= 15 is 0 Å². The zero-order valence-corrected chi connectivity index (χ0v) is 23.4. The molecule has 0 radical (unpaired) electrons. The minimum Gasteiger partial charge on any atom is -0.483 e. The standard InChI is InChI=1S/C25H29ClN10O6/c1-12-7-35(8-13(2)32-12)17(37)9-41-16-4-3-15(26)5-14(16)6-28-22-19-23(30-10-29-22)36(11-31-19)24-20(38)18(33-34-27)21(42-24)25(39)40/h3-5,10-13,18,20-21,24,32,38H,6-9H2,1-2H3,(H,39,40)(H,28,29,30)/t12?,13?,18-,20+,21-,24+/m0/s1. The van der Waals surface area contributed by atoms with E-state index in [1.165, 1.54) is 17.2 Å². The first-order valence-corrected chi connectivity index (χ1v) is 13.5. The van der Waals surface area contributed by atoms with E-state index in [4.69, 9.17) is 26.6 Å². The lowest BCUT2D eigenvalue weighted by Gasteiger charge is -2.36. The summed E-state index contributed by atoms with van der Waals surface area (Å²) in [4.78, 5) is 41.7. The van der Waals surface area contributed by atoms with Crippen LogP contribution < -0.4 is 15.4 Å². The van der Waals surface area contributed by atoms with Crippen molar-refractivity contribution in [1.29, 1.82) is 0 Å². The van der Waals surface area contributed by atoms with E-state index in [9.17, 15) is 19.8 Å². The zero-order valence-electron chi connectivity index (χ0n) is 22.7. The number of aliphatic carboxylic acids is 1. The van der Waals surface area contributed by atoms with Gasteiger partial charge in [0.1, 0.15) is 24.2 Å². The molecule has 222 valence electrons. The Morgan fingerprint density at radius 1 is 1.29 bits per heavy atom. The number of nitrogens with one attached hydrogen (secondary N) is 2. The fraction of sp³-hybridized carbons (Fsp3) is 0.480. The number of aliphatic hydroxyl groups is 1. The molecule has 5 rings (SSSR count). The Morgan fingerprint density at radius 2 is 2.05 bits per heavy atom. The molecule has 4 heterocycles. The Morgan fingerprint density at radius 3 is 2.76 bits per heavy atom. The number of hydrogen-bond donors (Lipinski definition) is 4. The highest BCUT2D eigenvalue weighted by Crippen LogP contribution is 2.34. The number of carbonyl (C=O) groups is 2. The van der Waals surface area contributed by atoms with Crippen molar-refractivity contribution in [1.82, 2.24) is 29.7 Å². The van der Waals surface area contributed by atoms with Gasteiger partial charge in [-0.15, -0.1) is 0 Å². The molecule has 42 heavy (non-hydrogen) atoms. The second kappa shape index (κ2) is 12.3. The van der Waals surface area contributed by atoms with Gasteiger partial charge in [-0.1, -0.05) is 16.7 Å². The van der Waals surface area contributed by atoms with E-state index in [1.807, 2.05) is 13.8 Å². The molecule has 0 spiro atoms. The minimum atomic E-state index is -1.55. The fourth-order valence-electron chi connectivity index (χ4n) is 5.22. The summed E-state index contributed by atoms with van der Waals surface area (Å²) in [6, 6.07) is 4.11. The first-order valence-electron chi connectivity index (χ1n) is 13.1. The number of hydrogen-bond acceptors (Lipinski definition) is 11. The number of imidazole rings is 1. The van der Waals surface area contributed by atoms with Gasteiger partial charge in [0.15, 0.2) is 35.9 Å². The molecule has 16 nitrogen and oxygen atoms in total. The van der Waals surface area contributed by atoms with Crippen molar-refractivity contribution in [2.45, 2.75) is 57.0 Å². The summed E-state index contributed by atoms with van der Waals surface area (Å²) in [6.07, 6.45) is -1.64. The number of benzene rings is 1. The number of ether oxygens (including phenoxy) is 2. The predicted molar refractivity (Wildman–Crippen MR) is 149 cm³/mol. The van der Waals surface area contributed by atoms with Gasteiger partial charge >= 0.3 is 5.97 Å². The van der Waals surface area contributed by atoms with Gasteiger partial charge in [-0.25, -0.2) is 19.7 Å².